The van der Waals surface area contributed by atoms with Crippen molar-refractivity contribution in [3.8, 4) is 0 Å². The lowest BCUT2D eigenvalue weighted by molar-refractivity contribution is 0.0693. The number of hydrogen-bond acceptors (Lipinski definition) is 2. The molecule has 0 radical (unpaired) electrons. The summed E-state index contributed by atoms with van der Waals surface area (Å²) in [5, 5.41) is 10.6. The van der Waals surface area contributed by atoms with Gasteiger partial charge in [0, 0.05) is 21.4 Å². The zero-order valence-corrected chi connectivity index (χ0v) is 9.71. The number of aromatic carboxylic acids is 1. The van der Waals surface area contributed by atoms with Gasteiger partial charge in [0.15, 0.2) is 5.69 Å². The largest absolute Gasteiger partial charge is 0.476 e. The molecule has 1 N–H and O–H groups in total. The van der Waals surface area contributed by atoms with E-state index < -0.39 is 5.97 Å². The first-order valence-corrected chi connectivity index (χ1v) is 5.24. The van der Waals surface area contributed by atoms with Crippen molar-refractivity contribution in [2.45, 2.75) is 0 Å². The number of carboxylic acid groups (broad SMARTS) is 1. The summed E-state index contributed by atoms with van der Waals surface area (Å²) in [6, 6.07) is 5.14. The molecule has 76 valence electrons. The molecule has 0 amide bonds. The summed E-state index contributed by atoms with van der Waals surface area (Å²) >= 11 is 9.29. The van der Waals surface area contributed by atoms with Crippen LogP contribution in [-0.2, 0) is 0 Å². The first-order valence-electron chi connectivity index (χ1n) is 4.07. The quantitative estimate of drug-likeness (QED) is 0.874. The van der Waals surface area contributed by atoms with E-state index in [1.54, 1.807) is 18.2 Å². The van der Waals surface area contributed by atoms with E-state index in [-0.39, 0.29) is 5.69 Å². The normalized spacial score (nSPS) is 10.5. The second-order valence-corrected chi connectivity index (χ2v) is 4.18. The molecule has 2 aromatic rings. The number of pyridine rings is 1. The van der Waals surface area contributed by atoms with E-state index in [0.29, 0.717) is 10.4 Å². The zero-order valence-electron chi connectivity index (χ0n) is 7.37. The number of benzene rings is 1. The molecule has 0 saturated carbocycles. The van der Waals surface area contributed by atoms with Gasteiger partial charge in [-0.25, -0.2) is 9.78 Å². The molecule has 3 nitrogen and oxygen atoms in total. The van der Waals surface area contributed by atoms with Gasteiger partial charge >= 0.3 is 5.97 Å². The fourth-order valence-corrected chi connectivity index (χ4v) is 2.10. The second-order valence-electron chi connectivity index (χ2n) is 2.92. The van der Waals surface area contributed by atoms with Crippen LogP contribution in [0.1, 0.15) is 10.5 Å². The molecule has 0 atom stereocenters. The maximum Gasteiger partial charge on any atom is 0.355 e. The molecule has 2 rings (SSSR count). The lowest BCUT2D eigenvalue weighted by Gasteiger charge is -2.05. The number of rotatable bonds is 1. The highest BCUT2D eigenvalue weighted by Gasteiger charge is 2.13. The van der Waals surface area contributed by atoms with Crippen LogP contribution in [0.25, 0.3) is 10.8 Å². The second kappa shape index (κ2) is 3.79. The minimum Gasteiger partial charge on any atom is -0.476 e. The molecular weight excluding hydrogens is 281 g/mol. The predicted octanol–water partition coefficient (Wildman–Crippen LogP) is 3.35. The smallest absolute Gasteiger partial charge is 0.355 e. The molecule has 0 saturated heterocycles. The maximum atomic E-state index is 10.9. The number of carbonyl (C=O) groups is 1. The Morgan fingerprint density at radius 2 is 2.13 bits per heavy atom. The van der Waals surface area contributed by atoms with Gasteiger partial charge in [-0.15, -0.1) is 0 Å². The molecule has 1 heterocycles. The molecule has 15 heavy (non-hydrogen) atoms. The lowest BCUT2D eigenvalue weighted by atomic mass is 10.1. The van der Waals surface area contributed by atoms with E-state index in [9.17, 15) is 4.79 Å². The van der Waals surface area contributed by atoms with Crippen molar-refractivity contribution in [3.05, 3.63) is 39.6 Å². The number of halogens is 2. The van der Waals surface area contributed by atoms with E-state index in [1.165, 1.54) is 6.20 Å². The molecule has 0 aliphatic carbocycles. The van der Waals surface area contributed by atoms with Crippen molar-refractivity contribution in [1.29, 1.82) is 0 Å². The van der Waals surface area contributed by atoms with Gasteiger partial charge in [-0.2, -0.15) is 0 Å². The van der Waals surface area contributed by atoms with Crippen LogP contribution in [0, 0.1) is 0 Å². The maximum absolute atomic E-state index is 10.9. The van der Waals surface area contributed by atoms with Crippen molar-refractivity contribution in [3.63, 3.8) is 0 Å². The minimum atomic E-state index is -1.08. The van der Waals surface area contributed by atoms with Crippen LogP contribution in [-0.4, -0.2) is 16.1 Å². The van der Waals surface area contributed by atoms with Crippen LogP contribution in [0.3, 0.4) is 0 Å². The van der Waals surface area contributed by atoms with Crippen molar-refractivity contribution in [1.82, 2.24) is 4.98 Å². The summed E-state index contributed by atoms with van der Waals surface area (Å²) in [5.74, 6) is -1.08. The third kappa shape index (κ3) is 1.70. The molecule has 0 spiro atoms. The Labute approximate surface area is 98.8 Å². The van der Waals surface area contributed by atoms with Gasteiger partial charge in [-0.05, 0) is 18.2 Å². The molecule has 0 aliphatic rings. The number of aromatic nitrogens is 1. The third-order valence-electron chi connectivity index (χ3n) is 2.03. The molecule has 1 aromatic carbocycles. The Morgan fingerprint density at radius 3 is 2.80 bits per heavy atom. The summed E-state index contributed by atoms with van der Waals surface area (Å²) in [5.41, 5.74) is -0.0289. The van der Waals surface area contributed by atoms with Gasteiger partial charge in [0.05, 0.1) is 5.02 Å². The molecule has 5 heteroatoms. The number of hydrogen-bond donors (Lipinski definition) is 1. The summed E-state index contributed by atoms with van der Waals surface area (Å²) in [6.45, 7) is 0. The fourth-order valence-electron chi connectivity index (χ4n) is 1.38. The Kier molecular flexibility index (Phi) is 2.63. The Morgan fingerprint density at radius 1 is 1.40 bits per heavy atom. The summed E-state index contributed by atoms with van der Waals surface area (Å²) in [7, 11) is 0. The van der Waals surface area contributed by atoms with Crippen LogP contribution in [0.5, 0.6) is 0 Å². The highest BCUT2D eigenvalue weighted by Crippen LogP contribution is 2.31. The minimum absolute atomic E-state index is 0.0289. The first-order chi connectivity index (χ1) is 7.11. The van der Waals surface area contributed by atoms with Crippen molar-refractivity contribution in [2.24, 2.45) is 0 Å². The molecular formula is C10H5BrClNO2. The lowest BCUT2D eigenvalue weighted by Crippen LogP contribution is -2.01. The van der Waals surface area contributed by atoms with Gasteiger partial charge < -0.3 is 5.11 Å². The third-order valence-corrected chi connectivity index (χ3v) is 3.03. The SMILES string of the molecule is O=C(O)c1nccc2c(Br)ccc(Cl)c12. The number of fused-ring (bicyclic) bond motifs is 1. The number of carboxylic acids is 1. The highest BCUT2D eigenvalue weighted by atomic mass is 79.9. The highest BCUT2D eigenvalue weighted by molar-refractivity contribution is 9.10. The van der Waals surface area contributed by atoms with Crippen molar-refractivity contribution < 1.29 is 9.90 Å². The molecule has 0 unspecified atom stereocenters. The Hall–Kier alpha value is -1.13. The molecule has 0 fully saturated rings. The monoisotopic (exact) mass is 285 g/mol. The Bertz CT molecular complexity index is 556. The van der Waals surface area contributed by atoms with E-state index in [0.717, 1.165) is 9.86 Å². The van der Waals surface area contributed by atoms with Crippen molar-refractivity contribution in [2.75, 3.05) is 0 Å². The van der Waals surface area contributed by atoms with Gasteiger partial charge in [0.2, 0.25) is 0 Å². The Balaban J connectivity index is 2.96. The topological polar surface area (TPSA) is 50.2 Å². The molecule has 0 aliphatic heterocycles. The van der Waals surface area contributed by atoms with Crippen molar-refractivity contribution >= 4 is 44.3 Å². The fraction of sp³-hybridized carbons (Fsp3) is 0. The zero-order chi connectivity index (χ0) is 11.0. The first kappa shape index (κ1) is 10.4. The number of nitrogens with zero attached hydrogens (tertiary/aromatic N) is 1. The van der Waals surface area contributed by atoms with Gasteiger partial charge in [0.1, 0.15) is 0 Å². The van der Waals surface area contributed by atoms with Crippen LogP contribution in [0.4, 0.5) is 0 Å². The van der Waals surface area contributed by atoms with Crippen LogP contribution >= 0.6 is 27.5 Å². The standard InChI is InChI=1S/C10H5BrClNO2/c11-6-1-2-7(12)8-5(6)3-4-13-9(8)10(14)15/h1-4H,(H,14,15). The predicted molar refractivity (Wildman–Crippen MR) is 61.4 cm³/mol. The average molecular weight is 287 g/mol. The summed E-state index contributed by atoms with van der Waals surface area (Å²) < 4.78 is 0.798. The van der Waals surface area contributed by atoms with E-state index in [1.807, 2.05) is 0 Å². The molecule has 1 aromatic heterocycles. The van der Waals surface area contributed by atoms with Gasteiger partial charge in [-0.1, -0.05) is 27.5 Å². The van der Waals surface area contributed by atoms with Gasteiger partial charge in [0.25, 0.3) is 0 Å². The summed E-state index contributed by atoms with van der Waals surface area (Å²) in [4.78, 5) is 14.7. The van der Waals surface area contributed by atoms with Crippen LogP contribution in [0.15, 0.2) is 28.9 Å². The van der Waals surface area contributed by atoms with E-state index in [4.69, 9.17) is 16.7 Å². The van der Waals surface area contributed by atoms with E-state index in [2.05, 4.69) is 20.9 Å². The van der Waals surface area contributed by atoms with Crippen LogP contribution < -0.4 is 0 Å². The summed E-state index contributed by atoms with van der Waals surface area (Å²) in [6.07, 6.45) is 1.45. The molecule has 0 bridgehead atoms. The van der Waals surface area contributed by atoms with Gasteiger partial charge in [-0.3, -0.25) is 0 Å². The van der Waals surface area contributed by atoms with E-state index >= 15 is 0 Å². The average Bonchev–Trinajstić information content (AvgIpc) is 2.23. The van der Waals surface area contributed by atoms with Crippen LogP contribution in [0.2, 0.25) is 5.02 Å².